The minimum atomic E-state index is -0.0612. The van der Waals surface area contributed by atoms with Crippen molar-refractivity contribution in [1.82, 2.24) is 14.4 Å². The number of rotatable bonds is 7. The van der Waals surface area contributed by atoms with Crippen molar-refractivity contribution >= 4 is 23.1 Å². The molecule has 4 rings (SSSR count). The summed E-state index contributed by atoms with van der Waals surface area (Å²) in [4.78, 5) is 17.5. The van der Waals surface area contributed by atoms with Crippen molar-refractivity contribution in [2.75, 3.05) is 44.6 Å². The molecule has 1 N–H and O–H groups in total. The van der Waals surface area contributed by atoms with Crippen LogP contribution in [0, 0.1) is 25.2 Å². The SMILES string of the molecule is Cc1c(C#N)c(NC(=O)CN2CCN(Cc3ccsc3)CC2)n(C[C@@H]2CCCO2)c1C. The van der Waals surface area contributed by atoms with Gasteiger partial charge in [-0.1, -0.05) is 0 Å². The molecule has 2 aromatic heterocycles. The Morgan fingerprint density at radius 1 is 1.29 bits per heavy atom. The standard InChI is InChI=1S/C23H31N5O2S/c1-17-18(2)28(14-20-4-3-10-30-20)23(21(17)12-24)25-22(29)15-27-8-6-26(7-9-27)13-19-5-11-31-16-19/h5,11,16,20H,3-4,6-10,13-15H2,1-2H3,(H,25,29)/t20-/m0/s1. The summed E-state index contributed by atoms with van der Waals surface area (Å²) in [5.74, 6) is 0.558. The molecule has 2 aliphatic rings. The number of anilines is 1. The Hall–Kier alpha value is -2.18. The second-order valence-corrected chi connectivity index (χ2v) is 9.30. The number of aromatic nitrogens is 1. The van der Waals surface area contributed by atoms with Crippen molar-refractivity contribution in [2.24, 2.45) is 0 Å². The number of nitrogens with one attached hydrogen (secondary N) is 1. The minimum Gasteiger partial charge on any atom is -0.376 e. The predicted molar refractivity (Wildman–Crippen MR) is 122 cm³/mol. The van der Waals surface area contributed by atoms with Crippen molar-refractivity contribution < 1.29 is 9.53 Å². The first kappa shape index (κ1) is 22.0. The van der Waals surface area contributed by atoms with Gasteiger partial charge in [-0.15, -0.1) is 0 Å². The Kier molecular flexibility index (Phi) is 7.08. The lowest BCUT2D eigenvalue weighted by molar-refractivity contribution is -0.117. The fraction of sp³-hybridized carbons (Fsp3) is 0.565. The van der Waals surface area contributed by atoms with Crippen LogP contribution in [0.5, 0.6) is 0 Å². The summed E-state index contributed by atoms with van der Waals surface area (Å²) < 4.78 is 7.85. The van der Waals surface area contributed by atoms with Gasteiger partial charge in [-0.3, -0.25) is 14.6 Å². The number of carbonyl (C=O) groups is 1. The second kappa shape index (κ2) is 9.96. The highest BCUT2D eigenvalue weighted by Gasteiger charge is 2.25. The molecular weight excluding hydrogens is 410 g/mol. The first-order valence-corrected chi connectivity index (χ1v) is 12.0. The summed E-state index contributed by atoms with van der Waals surface area (Å²) in [5, 5.41) is 17.1. The van der Waals surface area contributed by atoms with Crippen molar-refractivity contribution in [3.05, 3.63) is 39.2 Å². The molecule has 1 atom stereocenters. The van der Waals surface area contributed by atoms with Gasteiger partial charge in [0.1, 0.15) is 11.9 Å². The molecule has 0 bridgehead atoms. The highest BCUT2D eigenvalue weighted by atomic mass is 32.1. The summed E-state index contributed by atoms with van der Waals surface area (Å²) in [6.07, 6.45) is 2.22. The fourth-order valence-electron chi connectivity index (χ4n) is 4.47. The van der Waals surface area contributed by atoms with E-state index in [1.165, 1.54) is 5.56 Å². The molecule has 0 aliphatic carbocycles. The maximum atomic E-state index is 12.9. The molecule has 0 saturated carbocycles. The lowest BCUT2D eigenvalue weighted by Crippen LogP contribution is -2.48. The Morgan fingerprint density at radius 3 is 2.71 bits per heavy atom. The number of nitriles is 1. The van der Waals surface area contributed by atoms with Gasteiger partial charge < -0.3 is 14.6 Å². The molecule has 0 aromatic carbocycles. The Balaban J connectivity index is 1.36. The first-order valence-electron chi connectivity index (χ1n) is 11.0. The summed E-state index contributed by atoms with van der Waals surface area (Å²) in [7, 11) is 0. The monoisotopic (exact) mass is 441 g/mol. The van der Waals surface area contributed by atoms with E-state index in [9.17, 15) is 10.1 Å². The lowest BCUT2D eigenvalue weighted by Gasteiger charge is -2.34. The van der Waals surface area contributed by atoms with Gasteiger partial charge in [0.2, 0.25) is 5.91 Å². The molecular formula is C23H31N5O2S. The molecule has 8 heteroatoms. The average molecular weight is 442 g/mol. The van der Waals surface area contributed by atoms with Gasteiger partial charge >= 0.3 is 0 Å². The van der Waals surface area contributed by atoms with Crippen molar-refractivity contribution in [2.45, 2.75) is 45.9 Å². The third-order valence-electron chi connectivity index (χ3n) is 6.43. The van der Waals surface area contributed by atoms with Gasteiger partial charge in [0.05, 0.1) is 24.8 Å². The van der Waals surface area contributed by atoms with E-state index in [1.807, 2.05) is 13.8 Å². The van der Waals surface area contributed by atoms with Crippen LogP contribution in [0.4, 0.5) is 5.82 Å². The van der Waals surface area contributed by atoms with Crippen LogP contribution >= 0.6 is 11.3 Å². The molecule has 166 valence electrons. The number of thiophene rings is 1. The van der Waals surface area contributed by atoms with Gasteiger partial charge in [0.25, 0.3) is 0 Å². The zero-order valence-corrected chi connectivity index (χ0v) is 19.2. The maximum absolute atomic E-state index is 12.9. The number of carbonyl (C=O) groups excluding carboxylic acids is 1. The van der Waals surface area contributed by atoms with E-state index in [1.54, 1.807) is 11.3 Å². The molecule has 2 saturated heterocycles. The Labute approximate surface area is 188 Å². The Morgan fingerprint density at radius 2 is 2.06 bits per heavy atom. The molecule has 4 heterocycles. The molecule has 1 amide bonds. The summed E-state index contributed by atoms with van der Waals surface area (Å²) in [6, 6.07) is 4.46. The normalized spacial score (nSPS) is 20.1. The Bertz CT molecular complexity index is 932. The highest BCUT2D eigenvalue weighted by molar-refractivity contribution is 7.07. The fourth-order valence-corrected chi connectivity index (χ4v) is 5.13. The van der Waals surface area contributed by atoms with Crippen molar-refractivity contribution in [3.8, 4) is 6.07 Å². The van der Waals surface area contributed by atoms with Crippen LogP contribution in [0.3, 0.4) is 0 Å². The summed E-state index contributed by atoms with van der Waals surface area (Å²) in [6.45, 7) is 10.4. The van der Waals surface area contributed by atoms with Crippen molar-refractivity contribution in [1.29, 1.82) is 5.26 Å². The molecule has 2 aliphatic heterocycles. The maximum Gasteiger partial charge on any atom is 0.239 e. The molecule has 7 nitrogen and oxygen atoms in total. The number of nitrogens with zero attached hydrogens (tertiary/aromatic N) is 4. The molecule has 31 heavy (non-hydrogen) atoms. The molecule has 2 aromatic rings. The third kappa shape index (κ3) is 5.18. The van der Waals surface area contributed by atoms with Crippen LogP contribution in [-0.2, 0) is 22.6 Å². The number of piperazine rings is 1. The van der Waals surface area contributed by atoms with E-state index in [4.69, 9.17) is 4.74 Å². The summed E-state index contributed by atoms with van der Waals surface area (Å²) >= 11 is 1.73. The second-order valence-electron chi connectivity index (χ2n) is 8.52. The first-order chi connectivity index (χ1) is 15.0. The van der Waals surface area contributed by atoms with Crippen LogP contribution in [0.25, 0.3) is 0 Å². The quantitative estimate of drug-likeness (QED) is 0.715. The van der Waals surface area contributed by atoms with E-state index in [-0.39, 0.29) is 12.0 Å². The van der Waals surface area contributed by atoms with Gasteiger partial charge in [-0.25, -0.2) is 0 Å². The van der Waals surface area contributed by atoms with Crippen LogP contribution in [-0.4, -0.2) is 65.7 Å². The predicted octanol–water partition coefficient (Wildman–Crippen LogP) is 2.97. The lowest BCUT2D eigenvalue weighted by atomic mass is 10.2. The van der Waals surface area contributed by atoms with Crippen molar-refractivity contribution in [3.63, 3.8) is 0 Å². The van der Waals surface area contributed by atoms with Gasteiger partial charge in [0, 0.05) is 45.0 Å². The topological polar surface area (TPSA) is 73.5 Å². The van der Waals surface area contributed by atoms with E-state index < -0.39 is 0 Å². The smallest absolute Gasteiger partial charge is 0.239 e. The largest absolute Gasteiger partial charge is 0.376 e. The van der Waals surface area contributed by atoms with Crippen LogP contribution < -0.4 is 5.32 Å². The zero-order chi connectivity index (χ0) is 21.8. The van der Waals surface area contributed by atoms with Gasteiger partial charge in [0.15, 0.2) is 0 Å². The van der Waals surface area contributed by atoms with E-state index >= 15 is 0 Å². The average Bonchev–Trinajstić information content (AvgIpc) is 3.50. The minimum absolute atomic E-state index is 0.0612. The van der Waals surface area contributed by atoms with Gasteiger partial charge in [-0.05, 0) is 54.6 Å². The molecule has 0 unspecified atom stereocenters. The number of hydrogen-bond donors (Lipinski definition) is 1. The summed E-state index contributed by atoms with van der Waals surface area (Å²) in [5.41, 5.74) is 3.87. The molecule has 0 spiro atoms. The number of amides is 1. The highest BCUT2D eigenvalue weighted by Crippen LogP contribution is 2.28. The van der Waals surface area contributed by atoms with Crippen LogP contribution in [0.2, 0.25) is 0 Å². The van der Waals surface area contributed by atoms with Gasteiger partial charge in [-0.2, -0.15) is 16.6 Å². The third-order valence-corrected chi connectivity index (χ3v) is 7.16. The zero-order valence-electron chi connectivity index (χ0n) is 18.4. The molecule has 2 fully saturated rings. The number of hydrogen-bond acceptors (Lipinski definition) is 6. The van der Waals surface area contributed by atoms with E-state index in [0.29, 0.717) is 24.5 Å². The van der Waals surface area contributed by atoms with E-state index in [2.05, 4.69) is 42.6 Å². The number of ether oxygens (including phenoxy) is 1. The van der Waals surface area contributed by atoms with E-state index in [0.717, 1.165) is 63.4 Å². The van der Waals surface area contributed by atoms with Crippen LogP contribution in [0.1, 0.15) is 35.2 Å². The molecule has 0 radical (unpaired) electrons. The van der Waals surface area contributed by atoms with Crippen LogP contribution in [0.15, 0.2) is 16.8 Å².